The van der Waals surface area contributed by atoms with E-state index in [4.69, 9.17) is 15.2 Å². The van der Waals surface area contributed by atoms with Crippen molar-refractivity contribution >= 4 is 0 Å². The van der Waals surface area contributed by atoms with Gasteiger partial charge in [0.05, 0.1) is 13.2 Å². The fourth-order valence-corrected chi connectivity index (χ4v) is 2.68. The van der Waals surface area contributed by atoms with Gasteiger partial charge < -0.3 is 20.1 Å². The van der Waals surface area contributed by atoms with Crippen molar-refractivity contribution in [2.24, 2.45) is 5.73 Å². The fourth-order valence-electron chi connectivity index (χ4n) is 2.68. The van der Waals surface area contributed by atoms with E-state index >= 15 is 0 Å². The summed E-state index contributed by atoms with van der Waals surface area (Å²) >= 11 is 0. The van der Waals surface area contributed by atoms with Crippen LogP contribution in [0.5, 0.6) is 0 Å². The van der Waals surface area contributed by atoms with Crippen molar-refractivity contribution in [1.82, 2.24) is 4.90 Å². The maximum absolute atomic E-state index is 5.96. The van der Waals surface area contributed by atoms with Gasteiger partial charge in [-0.15, -0.1) is 0 Å². The molecule has 0 spiro atoms. The Morgan fingerprint density at radius 1 is 1.11 bits per heavy atom. The molecule has 0 unspecified atom stereocenters. The minimum Gasteiger partial charge on any atom is -0.382 e. The molecule has 18 heavy (non-hydrogen) atoms. The molecule has 0 radical (unpaired) electrons. The summed E-state index contributed by atoms with van der Waals surface area (Å²) in [5.74, 6) is 0. The highest BCUT2D eigenvalue weighted by molar-refractivity contribution is 4.80. The molecule has 0 heterocycles. The largest absolute Gasteiger partial charge is 0.382 e. The molecule has 0 bridgehead atoms. The molecule has 1 fully saturated rings. The number of rotatable bonds is 9. The second-order valence-electron chi connectivity index (χ2n) is 5.16. The Labute approximate surface area is 112 Å². The van der Waals surface area contributed by atoms with Gasteiger partial charge in [-0.3, -0.25) is 0 Å². The van der Waals surface area contributed by atoms with Gasteiger partial charge in [-0.25, -0.2) is 0 Å². The highest BCUT2D eigenvalue weighted by Crippen LogP contribution is 2.22. The standard InChI is InChI=1S/C14H30N2O2/c1-3-16(9-4-10-18-12-11-17-2)14-7-5-13(15)6-8-14/h13-14H,3-12,15H2,1-2H3. The Hall–Kier alpha value is -0.160. The van der Waals surface area contributed by atoms with Crippen LogP contribution in [0.4, 0.5) is 0 Å². The van der Waals surface area contributed by atoms with Crippen LogP contribution in [0, 0.1) is 0 Å². The van der Waals surface area contributed by atoms with Gasteiger partial charge in [0, 0.05) is 32.3 Å². The maximum atomic E-state index is 5.96. The molecule has 1 saturated carbocycles. The van der Waals surface area contributed by atoms with Crippen LogP contribution in [0.2, 0.25) is 0 Å². The Bertz CT molecular complexity index is 194. The van der Waals surface area contributed by atoms with Crippen LogP contribution in [-0.2, 0) is 9.47 Å². The van der Waals surface area contributed by atoms with E-state index in [1.807, 2.05) is 0 Å². The van der Waals surface area contributed by atoms with E-state index in [0.717, 1.165) is 32.2 Å². The molecule has 1 rings (SSSR count). The number of hydrogen-bond donors (Lipinski definition) is 1. The molecule has 0 aliphatic heterocycles. The van der Waals surface area contributed by atoms with Crippen LogP contribution in [-0.4, -0.2) is 57.0 Å². The molecule has 108 valence electrons. The van der Waals surface area contributed by atoms with Crippen LogP contribution < -0.4 is 5.73 Å². The number of ether oxygens (including phenoxy) is 2. The monoisotopic (exact) mass is 258 g/mol. The van der Waals surface area contributed by atoms with Crippen molar-refractivity contribution in [2.75, 3.05) is 40.0 Å². The Balaban J connectivity index is 2.09. The van der Waals surface area contributed by atoms with Crippen molar-refractivity contribution in [3.8, 4) is 0 Å². The van der Waals surface area contributed by atoms with Crippen LogP contribution in [0.1, 0.15) is 39.0 Å². The van der Waals surface area contributed by atoms with Crippen LogP contribution >= 0.6 is 0 Å². The lowest BCUT2D eigenvalue weighted by atomic mass is 9.90. The van der Waals surface area contributed by atoms with Gasteiger partial charge in [-0.2, -0.15) is 0 Å². The molecule has 4 nitrogen and oxygen atoms in total. The van der Waals surface area contributed by atoms with Crippen LogP contribution in [0.15, 0.2) is 0 Å². The molecule has 0 aromatic carbocycles. The van der Waals surface area contributed by atoms with Crippen molar-refractivity contribution in [2.45, 2.75) is 51.1 Å². The third-order valence-corrected chi connectivity index (χ3v) is 3.83. The van der Waals surface area contributed by atoms with Gasteiger partial charge in [-0.05, 0) is 38.6 Å². The first-order valence-corrected chi connectivity index (χ1v) is 7.34. The third kappa shape index (κ3) is 6.14. The summed E-state index contributed by atoms with van der Waals surface area (Å²) in [6.45, 7) is 6.77. The zero-order chi connectivity index (χ0) is 13.2. The quantitative estimate of drug-likeness (QED) is 0.639. The molecular formula is C14H30N2O2. The van der Waals surface area contributed by atoms with E-state index in [1.54, 1.807) is 7.11 Å². The second-order valence-corrected chi connectivity index (χ2v) is 5.16. The number of hydrogen-bond acceptors (Lipinski definition) is 4. The highest BCUT2D eigenvalue weighted by atomic mass is 16.5. The first kappa shape index (κ1) is 15.9. The molecule has 0 aromatic heterocycles. The van der Waals surface area contributed by atoms with Gasteiger partial charge in [0.2, 0.25) is 0 Å². The third-order valence-electron chi connectivity index (χ3n) is 3.83. The first-order valence-electron chi connectivity index (χ1n) is 7.34. The SMILES string of the molecule is CCN(CCCOCCOC)C1CCC(N)CC1. The predicted octanol–water partition coefficient (Wildman–Crippen LogP) is 1.63. The van der Waals surface area contributed by atoms with Crippen molar-refractivity contribution in [3.63, 3.8) is 0 Å². The van der Waals surface area contributed by atoms with E-state index in [2.05, 4.69) is 11.8 Å². The molecule has 1 aliphatic rings. The molecule has 0 saturated heterocycles. The van der Waals surface area contributed by atoms with Crippen molar-refractivity contribution in [1.29, 1.82) is 0 Å². The molecule has 1 aliphatic carbocycles. The van der Waals surface area contributed by atoms with E-state index in [0.29, 0.717) is 19.3 Å². The highest BCUT2D eigenvalue weighted by Gasteiger charge is 2.22. The number of nitrogens with two attached hydrogens (primary N) is 1. The normalized spacial score (nSPS) is 24.7. The van der Waals surface area contributed by atoms with Gasteiger partial charge >= 0.3 is 0 Å². The minimum atomic E-state index is 0.442. The molecule has 0 amide bonds. The molecule has 0 atom stereocenters. The average Bonchev–Trinajstić information content (AvgIpc) is 2.39. The summed E-state index contributed by atoms with van der Waals surface area (Å²) in [6, 6.07) is 1.19. The molecule has 4 heteroatoms. The van der Waals surface area contributed by atoms with Gasteiger partial charge in [0.25, 0.3) is 0 Å². The van der Waals surface area contributed by atoms with Crippen LogP contribution in [0.25, 0.3) is 0 Å². The van der Waals surface area contributed by atoms with E-state index < -0.39 is 0 Å². The maximum Gasteiger partial charge on any atom is 0.0700 e. The van der Waals surface area contributed by atoms with Gasteiger partial charge in [0.15, 0.2) is 0 Å². The topological polar surface area (TPSA) is 47.7 Å². The lowest BCUT2D eigenvalue weighted by molar-refractivity contribution is 0.0609. The first-order chi connectivity index (χ1) is 8.77. The molecule has 0 aromatic rings. The fraction of sp³-hybridized carbons (Fsp3) is 1.00. The van der Waals surface area contributed by atoms with Gasteiger partial charge in [0.1, 0.15) is 0 Å². The number of methoxy groups -OCH3 is 1. The Morgan fingerprint density at radius 2 is 1.83 bits per heavy atom. The summed E-state index contributed by atoms with van der Waals surface area (Å²) < 4.78 is 10.5. The zero-order valence-electron chi connectivity index (χ0n) is 12.1. The summed E-state index contributed by atoms with van der Waals surface area (Å²) in [5, 5.41) is 0. The predicted molar refractivity (Wildman–Crippen MR) is 74.8 cm³/mol. The Morgan fingerprint density at radius 3 is 2.44 bits per heavy atom. The van der Waals surface area contributed by atoms with E-state index in [1.165, 1.54) is 25.7 Å². The van der Waals surface area contributed by atoms with Crippen LogP contribution in [0.3, 0.4) is 0 Å². The summed E-state index contributed by atoms with van der Waals surface area (Å²) in [6.07, 6.45) is 6.01. The minimum absolute atomic E-state index is 0.442. The van der Waals surface area contributed by atoms with E-state index in [9.17, 15) is 0 Å². The summed E-state index contributed by atoms with van der Waals surface area (Å²) in [5.41, 5.74) is 5.96. The molecular weight excluding hydrogens is 228 g/mol. The van der Waals surface area contributed by atoms with Crippen molar-refractivity contribution < 1.29 is 9.47 Å². The smallest absolute Gasteiger partial charge is 0.0700 e. The van der Waals surface area contributed by atoms with Gasteiger partial charge in [-0.1, -0.05) is 6.92 Å². The summed E-state index contributed by atoms with van der Waals surface area (Å²) in [7, 11) is 1.70. The zero-order valence-corrected chi connectivity index (χ0v) is 12.1. The second kappa shape index (κ2) is 9.73. The summed E-state index contributed by atoms with van der Waals surface area (Å²) in [4.78, 5) is 2.59. The lowest BCUT2D eigenvalue weighted by Gasteiger charge is -2.35. The molecule has 2 N–H and O–H groups in total. The average molecular weight is 258 g/mol. The van der Waals surface area contributed by atoms with Crippen molar-refractivity contribution in [3.05, 3.63) is 0 Å². The number of nitrogens with zero attached hydrogens (tertiary/aromatic N) is 1. The lowest BCUT2D eigenvalue weighted by Crippen LogP contribution is -2.41. The van der Waals surface area contributed by atoms with E-state index in [-0.39, 0.29) is 0 Å². The Kier molecular flexibility index (Phi) is 8.59.